The van der Waals surface area contributed by atoms with Gasteiger partial charge in [0.25, 0.3) is 0 Å². The lowest BCUT2D eigenvalue weighted by atomic mass is 10.2. The summed E-state index contributed by atoms with van der Waals surface area (Å²) in [7, 11) is 0. The van der Waals surface area contributed by atoms with Gasteiger partial charge in [-0.25, -0.2) is 0 Å². The molecule has 0 bridgehead atoms. The van der Waals surface area contributed by atoms with E-state index in [0.717, 1.165) is 31.9 Å². The van der Waals surface area contributed by atoms with Gasteiger partial charge >= 0.3 is 0 Å². The van der Waals surface area contributed by atoms with Crippen molar-refractivity contribution in [2.24, 2.45) is 0 Å². The number of thioether (sulfide) groups is 1. The Morgan fingerprint density at radius 1 is 1.33 bits per heavy atom. The Morgan fingerprint density at radius 2 is 2.21 bits per heavy atom. The molecule has 1 amide bonds. The molecule has 0 saturated carbocycles. The number of hydrogen-bond acceptors (Lipinski definition) is 4. The van der Waals surface area contributed by atoms with Gasteiger partial charge in [-0.3, -0.25) is 14.4 Å². The largest absolute Gasteiger partial charge is 0.350 e. The number of hydrogen-bond donors (Lipinski definition) is 1. The second kappa shape index (κ2) is 7.85. The van der Waals surface area contributed by atoms with Crippen LogP contribution in [0, 0.1) is 0 Å². The van der Waals surface area contributed by atoms with Crippen LogP contribution in [0.4, 0.5) is 0 Å². The highest BCUT2D eigenvalue weighted by Gasteiger charge is 2.18. The average molecular weight is 344 g/mol. The zero-order valence-electron chi connectivity index (χ0n) is 14.3. The molecule has 128 valence electrons. The van der Waals surface area contributed by atoms with E-state index in [9.17, 15) is 4.79 Å². The molecule has 2 aromatic rings. The third-order valence-corrected chi connectivity index (χ3v) is 4.98. The maximum atomic E-state index is 11.4. The fourth-order valence-corrected chi connectivity index (χ4v) is 3.43. The molecule has 1 aromatic carbocycles. The molecule has 1 N–H and O–H groups in total. The van der Waals surface area contributed by atoms with Crippen LogP contribution in [0.3, 0.4) is 0 Å². The summed E-state index contributed by atoms with van der Waals surface area (Å²) in [5.41, 5.74) is 3.52. The number of amides is 1. The molecule has 0 unspecified atom stereocenters. The average Bonchev–Trinajstić information content (AvgIpc) is 3.02. The van der Waals surface area contributed by atoms with Crippen LogP contribution in [0.1, 0.15) is 30.3 Å². The first-order chi connectivity index (χ1) is 11.7. The molecule has 24 heavy (non-hydrogen) atoms. The summed E-state index contributed by atoms with van der Waals surface area (Å²) in [5.74, 6) is 0.0660. The summed E-state index contributed by atoms with van der Waals surface area (Å²) in [6.07, 6.45) is 2.62. The molecule has 3 rings (SSSR count). The number of fused-ring (bicyclic) bond motifs is 1. The Bertz CT molecular complexity index is 713. The maximum absolute atomic E-state index is 11.4. The molecule has 1 aliphatic heterocycles. The molecule has 0 saturated heterocycles. The molecular formula is C18H24N4OS. The van der Waals surface area contributed by atoms with E-state index in [2.05, 4.69) is 56.6 Å². The Labute approximate surface area is 147 Å². The highest BCUT2D eigenvalue weighted by molar-refractivity contribution is 7.98. The topological polar surface area (TPSA) is 50.2 Å². The lowest BCUT2D eigenvalue weighted by Crippen LogP contribution is -2.33. The SMILES string of the molecule is CCC(=O)NCc1cc2n(n1)CCN(Cc1cccc(SC)c1)C2. The molecule has 0 atom stereocenters. The predicted molar refractivity (Wildman–Crippen MR) is 96.7 cm³/mol. The summed E-state index contributed by atoms with van der Waals surface area (Å²) >= 11 is 1.78. The van der Waals surface area contributed by atoms with E-state index in [4.69, 9.17) is 0 Å². The van der Waals surface area contributed by atoms with Gasteiger partial charge < -0.3 is 5.32 Å². The van der Waals surface area contributed by atoms with Crippen LogP contribution < -0.4 is 5.32 Å². The van der Waals surface area contributed by atoms with Crippen molar-refractivity contribution in [1.82, 2.24) is 20.0 Å². The van der Waals surface area contributed by atoms with Crippen molar-refractivity contribution >= 4 is 17.7 Å². The zero-order chi connectivity index (χ0) is 16.9. The van der Waals surface area contributed by atoms with E-state index in [1.807, 2.05) is 6.92 Å². The summed E-state index contributed by atoms with van der Waals surface area (Å²) in [4.78, 5) is 15.1. The van der Waals surface area contributed by atoms with Crippen molar-refractivity contribution in [1.29, 1.82) is 0 Å². The number of rotatable bonds is 6. The molecule has 0 fully saturated rings. The van der Waals surface area contributed by atoms with Crippen molar-refractivity contribution in [2.75, 3.05) is 12.8 Å². The first kappa shape index (κ1) is 17.0. The second-order valence-corrected chi connectivity index (χ2v) is 6.92. The van der Waals surface area contributed by atoms with Crippen LogP contribution >= 0.6 is 11.8 Å². The molecule has 0 radical (unpaired) electrons. The molecule has 5 nitrogen and oxygen atoms in total. The third-order valence-electron chi connectivity index (χ3n) is 4.26. The van der Waals surface area contributed by atoms with Crippen LogP contribution in [-0.2, 0) is 31.0 Å². The lowest BCUT2D eigenvalue weighted by molar-refractivity contribution is -0.120. The van der Waals surface area contributed by atoms with Crippen LogP contribution in [0.15, 0.2) is 35.2 Å². The molecule has 0 spiro atoms. The van der Waals surface area contributed by atoms with Crippen molar-refractivity contribution < 1.29 is 4.79 Å². The van der Waals surface area contributed by atoms with E-state index in [1.165, 1.54) is 16.2 Å². The highest BCUT2D eigenvalue weighted by atomic mass is 32.2. The van der Waals surface area contributed by atoms with Gasteiger partial charge in [-0.15, -0.1) is 11.8 Å². The standard InChI is InChI=1S/C18H24N4OS/c1-3-18(23)19-11-15-10-16-13-21(7-8-22(16)20-15)12-14-5-4-6-17(9-14)24-2/h4-6,9-10H,3,7-8,11-13H2,1-2H3,(H,19,23). The van der Waals surface area contributed by atoms with Crippen molar-refractivity contribution in [3.05, 3.63) is 47.3 Å². The number of aromatic nitrogens is 2. The fraction of sp³-hybridized carbons (Fsp3) is 0.444. The number of nitrogens with one attached hydrogen (secondary N) is 1. The smallest absolute Gasteiger partial charge is 0.220 e. The lowest BCUT2D eigenvalue weighted by Gasteiger charge is -2.27. The Kier molecular flexibility index (Phi) is 5.58. The number of benzene rings is 1. The Hall–Kier alpha value is -1.79. The zero-order valence-corrected chi connectivity index (χ0v) is 15.1. The Morgan fingerprint density at radius 3 is 3.00 bits per heavy atom. The van der Waals surface area contributed by atoms with Gasteiger partial charge in [0.1, 0.15) is 0 Å². The van der Waals surface area contributed by atoms with Gasteiger partial charge in [0, 0.05) is 31.0 Å². The first-order valence-corrected chi connectivity index (χ1v) is 9.58. The second-order valence-electron chi connectivity index (χ2n) is 6.04. The molecule has 2 heterocycles. The van der Waals surface area contributed by atoms with Crippen LogP contribution in [0.2, 0.25) is 0 Å². The van der Waals surface area contributed by atoms with Crippen LogP contribution in [0.25, 0.3) is 0 Å². The predicted octanol–water partition coefficient (Wildman–Crippen LogP) is 2.65. The molecular weight excluding hydrogens is 320 g/mol. The van der Waals surface area contributed by atoms with Gasteiger partial charge in [-0.1, -0.05) is 19.1 Å². The Balaban J connectivity index is 1.61. The van der Waals surface area contributed by atoms with Gasteiger partial charge in [-0.2, -0.15) is 5.10 Å². The van der Waals surface area contributed by atoms with Gasteiger partial charge in [0.05, 0.1) is 24.5 Å². The van der Waals surface area contributed by atoms with Crippen LogP contribution in [-0.4, -0.2) is 33.4 Å². The minimum Gasteiger partial charge on any atom is -0.350 e. The highest BCUT2D eigenvalue weighted by Crippen LogP contribution is 2.20. The number of carbonyl (C=O) groups excluding carboxylic acids is 1. The van der Waals surface area contributed by atoms with E-state index in [-0.39, 0.29) is 5.91 Å². The van der Waals surface area contributed by atoms with Crippen molar-refractivity contribution in [3.8, 4) is 0 Å². The number of nitrogens with zero attached hydrogens (tertiary/aromatic N) is 3. The van der Waals surface area contributed by atoms with E-state index >= 15 is 0 Å². The fourth-order valence-electron chi connectivity index (χ4n) is 2.94. The van der Waals surface area contributed by atoms with E-state index in [0.29, 0.717) is 13.0 Å². The minimum absolute atomic E-state index is 0.0660. The monoisotopic (exact) mass is 344 g/mol. The van der Waals surface area contributed by atoms with Gasteiger partial charge in [0.15, 0.2) is 0 Å². The maximum Gasteiger partial charge on any atom is 0.220 e. The first-order valence-electron chi connectivity index (χ1n) is 8.35. The normalized spacial score (nSPS) is 14.4. The summed E-state index contributed by atoms with van der Waals surface area (Å²) in [6, 6.07) is 10.8. The van der Waals surface area contributed by atoms with Gasteiger partial charge in [0.2, 0.25) is 5.91 Å². The van der Waals surface area contributed by atoms with Crippen LogP contribution in [0.5, 0.6) is 0 Å². The molecule has 1 aromatic heterocycles. The summed E-state index contributed by atoms with van der Waals surface area (Å²) in [6.45, 7) is 6.14. The molecule has 0 aliphatic carbocycles. The summed E-state index contributed by atoms with van der Waals surface area (Å²) in [5, 5.41) is 7.49. The minimum atomic E-state index is 0.0660. The molecule has 1 aliphatic rings. The quantitative estimate of drug-likeness (QED) is 0.819. The molecule has 6 heteroatoms. The van der Waals surface area contributed by atoms with Crippen molar-refractivity contribution in [2.45, 2.75) is 44.4 Å². The third kappa shape index (κ3) is 4.19. The van der Waals surface area contributed by atoms with Gasteiger partial charge in [-0.05, 0) is 30.0 Å². The summed E-state index contributed by atoms with van der Waals surface area (Å²) < 4.78 is 2.07. The van der Waals surface area contributed by atoms with Crippen molar-refractivity contribution in [3.63, 3.8) is 0 Å². The number of carbonyl (C=O) groups is 1. The van der Waals surface area contributed by atoms with E-state index in [1.54, 1.807) is 11.8 Å². The van der Waals surface area contributed by atoms with E-state index < -0.39 is 0 Å².